The zero-order chi connectivity index (χ0) is 15.2. The maximum atomic E-state index is 11.8. The van der Waals surface area contributed by atoms with Crippen LogP contribution in [0.25, 0.3) is 0 Å². The van der Waals surface area contributed by atoms with Gasteiger partial charge in [0.05, 0.1) is 6.61 Å². The molecule has 0 aliphatic carbocycles. The molecule has 0 aromatic carbocycles. The van der Waals surface area contributed by atoms with Crippen LogP contribution in [0.1, 0.15) is 40.0 Å². The first-order valence-electron chi connectivity index (χ1n) is 7.79. The molecule has 0 aromatic rings. The molecule has 20 heavy (non-hydrogen) atoms. The third kappa shape index (κ3) is 5.04. The Bertz CT molecular complexity index is 307. The summed E-state index contributed by atoms with van der Waals surface area (Å²) >= 11 is 0. The van der Waals surface area contributed by atoms with Crippen molar-refractivity contribution >= 4 is 5.97 Å². The predicted octanol–water partition coefficient (Wildman–Crippen LogP) is 1.07. The molecular weight excluding hydrogens is 254 g/mol. The van der Waals surface area contributed by atoms with Crippen molar-refractivity contribution in [3.8, 4) is 0 Å². The average Bonchev–Trinajstić information content (AvgIpc) is 2.58. The molecule has 1 heterocycles. The fourth-order valence-corrected chi connectivity index (χ4v) is 2.75. The van der Waals surface area contributed by atoms with Crippen LogP contribution in [0.5, 0.6) is 0 Å². The number of nitrogens with two attached hydrogens (primary N) is 1. The Morgan fingerprint density at radius 2 is 2.10 bits per heavy atom. The van der Waals surface area contributed by atoms with E-state index in [-0.39, 0.29) is 5.97 Å². The molecule has 5 nitrogen and oxygen atoms in total. The van der Waals surface area contributed by atoms with E-state index in [1.165, 1.54) is 6.42 Å². The van der Waals surface area contributed by atoms with Gasteiger partial charge in [0, 0.05) is 19.1 Å². The number of carbonyl (C=O) groups excluding carboxylic acids is 1. The van der Waals surface area contributed by atoms with Crippen molar-refractivity contribution in [3.63, 3.8) is 0 Å². The maximum absolute atomic E-state index is 11.8. The molecule has 1 aliphatic heterocycles. The number of rotatable bonds is 6. The minimum absolute atomic E-state index is 0.292. The van der Waals surface area contributed by atoms with Gasteiger partial charge in [0.15, 0.2) is 0 Å². The van der Waals surface area contributed by atoms with Crippen LogP contribution in [0.2, 0.25) is 0 Å². The van der Waals surface area contributed by atoms with Gasteiger partial charge in [-0.25, -0.2) is 0 Å². The summed E-state index contributed by atoms with van der Waals surface area (Å²) in [7, 11) is 2.18. The molecule has 118 valence electrons. The molecule has 0 spiro atoms. The summed E-state index contributed by atoms with van der Waals surface area (Å²) in [5, 5.41) is 0. The lowest BCUT2D eigenvalue weighted by molar-refractivity contribution is -0.149. The van der Waals surface area contributed by atoms with Gasteiger partial charge in [-0.2, -0.15) is 0 Å². The van der Waals surface area contributed by atoms with Gasteiger partial charge < -0.3 is 15.4 Å². The number of ether oxygens (including phenoxy) is 1. The molecule has 0 bridgehead atoms. The molecule has 0 radical (unpaired) electrons. The van der Waals surface area contributed by atoms with Crippen LogP contribution in [-0.2, 0) is 9.53 Å². The van der Waals surface area contributed by atoms with Gasteiger partial charge in [0.25, 0.3) is 0 Å². The van der Waals surface area contributed by atoms with Crippen LogP contribution < -0.4 is 5.73 Å². The van der Waals surface area contributed by atoms with Crippen LogP contribution >= 0.6 is 0 Å². The summed E-state index contributed by atoms with van der Waals surface area (Å²) in [6.07, 6.45) is 2.95. The topological polar surface area (TPSA) is 58.8 Å². The Hall–Kier alpha value is -0.650. The predicted molar refractivity (Wildman–Crippen MR) is 81.6 cm³/mol. The number of carbonyl (C=O) groups is 1. The first-order valence-corrected chi connectivity index (χ1v) is 7.79. The molecule has 1 aliphatic rings. The smallest absolute Gasteiger partial charge is 0.325 e. The lowest BCUT2D eigenvalue weighted by Crippen LogP contribution is -2.50. The van der Waals surface area contributed by atoms with Gasteiger partial charge in [-0.1, -0.05) is 6.92 Å². The first-order chi connectivity index (χ1) is 9.40. The van der Waals surface area contributed by atoms with E-state index in [0.29, 0.717) is 19.1 Å². The normalized spacial score (nSPS) is 24.9. The number of esters is 1. The van der Waals surface area contributed by atoms with E-state index in [1.807, 2.05) is 6.92 Å². The Labute approximate surface area is 123 Å². The Kier molecular flexibility index (Phi) is 6.92. The number of hydrogen-bond donors (Lipinski definition) is 1. The molecule has 0 amide bonds. The maximum Gasteiger partial charge on any atom is 0.325 e. The highest BCUT2D eigenvalue weighted by Gasteiger charge is 2.31. The second-order valence-corrected chi connectivity index (χ2v) is 6.10. The average molecular weight is 285 g/mol. The van der Waals surface area contributed by atoms with Gasteiger partial charge in [-0.05, 0) is 53.2 Å². The number of likely N-dealkylation sites (N-methyl/N-ethyl adjacent to an activating group) is 1. The molecular formula is C15H31N3O2. The quantitative estimate of drug-likeness (QED) is 0.740. The van der Waals surface area contributed by atoms with Crippen LogP contribution in [0.4, 0.5) is 0 Å². The summed E-state index contributed by atoms with van der Waals surface area (Å²) in [4.78, 5) is 16.7. The zero-order valence-corrected chi connectivity index (χ0v) is 13.5. The second-order valence-electron chi connectivity index (χ2n) is 6.10. The zero-order valence-electron chi connectivity index (χ0n) is 13.5. The molecule has 1 rings (SSSR count). The summed E-state index contributed by atoms with van der Waals surface area (Å²) in [5.74, 6) is -0.292. The number of hydrogen-bond acceptors (Lipinski definition) is 5. The van der Waals surface area contributed by atoms with E-state index in [0.717, 1.165) is 32.6 Å². The van der Waals surface area contributed by atoms with E-state index < -0.39 is 5.54 Å². The molecule has 0 aromatic heterocycles. The first kappa shape index (κ1) is 17.4. The van der Waals surface area contributed by atoms with Gasteiger partial charge in [-0.3, -0.25) is 9.69 Å². The Morgan fingerprint density at radius 1 is 1.40 bits per heavy atom. The highest BCUT2D eigenvalue weighted by molar-refractivity contribution is 5.79. The van der Waals surface area contributed by atoms with E-state index in [4.69, 9.17) is 10.5 Å². The fourth-order valence-electron chi connectivity index (χ4n) is 2.75. The van der Waals surface area contributed by atoms with Gasteiger partial charge in [-0.15, -0.1) is 0 Å². The Balaban J connectivity index is 2.55. The largest absolute Gasteiger partial charge is 0.465 e. The minimum Gasteiger partial charge on any atom is -0.465 e. The second kappa shape index (κ2) is 7.96. The van der Waals surface area contributed by atoms with Crippen molar-refractivity contribution in [3.05, 3.63) is 0 Å². The van der Waals surface area contributed by atoms with Crippen molar-refractivity contribution in [1.82, 2.24) is 9.80 Å². The van der Waals surface area contributed by atoms with Crippen LogP contribution in [0.3, 0.4) is 0 Å². The summed E-state index contributed by atoms with van der Waals surface area (Å²) in [6.45, 7) is 10.4. The molecule has 1 saturated heterocycles. The summed E-state index contributed by atoms with van der Waals surface area (Å²) in [5.41, 5.74) is 5.22. The lowest BCUT2D eigenvalue weighted by Gasteiger charge is -2.32. The molecule has 1 fully saturated rings. The van der Waals surface area contributed by atoms with Gasteiger partial charge in [0.1, 0.15) is 5.54 Å². The summed E-state index contributed by atoms with van der Waals surface area (Å²) < 4.78 is 5.05. The van der Waals surface area contributed by atoms with Crippen molar-refractivity contribution in [2.24, 2.45) is 5.73 Å². The molecule has 2 N–H and O–H groups in total. The SMILES string of the molecule is CCOC(=O)C(C)(N)CCN1CCCN(C)CC1CC. The number of nitrogens with zero attached hydrogens (tertiary/aromatic N) is 2. The molecule has 2 unspecified atom stereocenters. The van der Waals surface area contributed by atoms with Crippen molar-refractivity contribution in [2.75, 3.05) is 39.8 Å². The third-order valence-electron chi connectivity index (χ3n) is 4.16. The third-order valence-corrected chi connectivity index (χ3v) is 4.16. The van der Waals surface area contributed by atoms with Crippen molar-refractivity contribution < 1.29 is 9.53 Å². The lowest BCUT2D eigenvalue weighted by atomic mass is 9.98. The van der Waals surface area contributed by atoms with Gasteiger partial charge in [0.2, 0.25) is 0 Å². The Morgan fingerprint density at radius 3 is 2.70 bits per heavy atom. The van der Waals surface area contributed by atoms with Crippen LogP contribution in [0, 0.1) is 0 Å². The van der Waals surface area contributed by atoms with E-state index in [1.54, 1.807) is 6.92 Å². The minimum atomic E-state index is -0.882. The van der Waals surface area contributed by atoms with E-state index in [9.17, 15) is 4.79 Å². The van der Waals surface area contributed by atoms with E-state index in [2.05, 4.69) is 23.8 Å². The molecule has 2 atom stereocenters. The van der Waals surface area contributed by atoms with Crippen LogP contribution in [-0.4, -0.2) is 67.2 Å². The van der Waals surface area contributed by atoms with Crippen LogP contribution in [0.15, 0.2) is 0 Å². The fraction of sp³-hybridized carbons (Fsp3) is 0.933. The molecule has 0 saturated carbocycles. The van der Waals surface area contributed by atoms with Crippen molar-refractivity contribution in [2.45, 2.75) is 51.6 Å². The van der Waals surface area contributed by atoms with E-state index >= 15 is 0 Å². The molecule has 5 heteroatoms. The highest BCUT2D eigenvalue weighted by Crippen LogP contribution is 2.16. The van der Waals surface area contributed by atoms with Crippen molar-refractivity contribution in [1.29, 1.82) is 0 Å². The van der Waals surface area contributed by atoms with Gasteiger partial charge >= 0.3 is 5.97 Å². The monoisotopic (exact) mass is 285 g/mol. The summed E-state index contributed by atoms with van der Waals surface area (Å²) in [6, 6.07) is 0.556. The highest BCUT2D eigenvalue weighted by atomic mass is 16.5. The standard InChI is InChI=1S/C15H31N3O2/c1-5-13-12-17(4)9-7-10-18(13)11-8-15(3,16)14(19)20-6-2/h13H,5-12,16H2,1-4H3.